The van der Waals surface area contributed by atoms with Crippen molar-refractivity contribution >= 4 is 40.3 Å². The maximum Gasteiger partial charge on any atom is 0.308 e. The van der Waals surface area contributed by atoms with E-state index in [4.69, 9.17) is 0 Å². The largest absolute Gasteiger partial charge is 0.481 e. The number of fused-ring (bicyclic) bond motifs is 2. The summed E-state index contributed by atoms with van der Waals surface area (Å²) in [5.74, 6) is -3.06. The van der Waals surface area contributed by atoms with Crippen molar-refractivity contribution in [3.8, 4) is 0 Å². The van der Waals surface area contributed by atoms with Crippen molar-refractivity contribution in [1.29, 1.82) is 0 Å². The van der Waals surface area contributed by atoms with Gasteiger partial charge in [0.15, 0.2) is 0 Å². The highest BCUT2D eigenvalue weighted by Crippen LogP contribution is 2.33. The molecule has 0 aliphatic carbocycles. The quantitative estimate of drug-likeness (QED) is 0.238. The number of carboxylic acid groups (broad SMARTS) is 1. The molecule has 9 nitrogen and oxygen atoms in total. The maximum atomic E-state index is 14.3. The number of rotatable bonds is 10. The number of hydrogen-bond donors (Lipinski definition) is 4. The van der Waals surface area contributed by atoms with Gasteiger partial charge in [-0.15, -0.1) is 0 Å². The molecule has 3 aromatic carbocycles. The first-order chi connectivity index (χ1) is 19.8. The highest BCUT2D eigenvalue weighted by molar-refractivity contribution is 6.08. The van der Waals surface area contributed by atoms with Crippen LogP contribution in [0.4, 0.5) is 5.69 Å². The van der Waals surface area contributed by atoms with E-state index in [2.05, 4.69) is 15.6 Å². The molecule has 0 bridgehead atoms. The van der Waals surface area contributed by atoms with Crippen LogP contribution in [-0.4, -0.2) is 52.4 Å². The third-order valence-corrected chi connectivity index (χ3v) is 7.46. The van der Waals surface area contributed by atoms with Crippen LogP contribution in [-0.2, 0) is 27.2 Å². The smallest absolute Gasteiger partial charge is 0.308 e. The number of H-pyrrole nitrogens is 1. The summed E-state index contributed by atoms with van der Waals surface area (Å²) in [5, 5.41) is 15.7. The van der Waals surface area contributed by atoms with Gasteiger partial charge in [0.1, 0.15) is 17.8 Å². The topological polar surface area (TPSA) is 132 Å². The summed E-state index contributed by atoms with van der Waals surface area (Å²) in [6.07, 6.45) is 1.14. The van der Waals surface area contributed by atoms with Gasteiger partial charge in [0.05, 0.1) is 5.92 Å². The monoisotopic (exact) mass is 552 g/mol. The zero-order chi connectivity index (χ0) is 28.9. The van der Waals surface area contributed by atoms with Crippen LogP contribution in [0.1, 0.15) is 35.0 Å². The molecule has 210 valence electrons. The number of nitrogens with zero attached hydrogens (tertiary/aromatic N) is 1. The lowest BCUT2D eigenvalue weighted by Crippen LogP contribution is -2.55. The Morgan fingerprint density at radius 2 is 1.68 bits per heavy atom. The first-order valence-corrected chi connectivity index (χ1v) is 13.7. The number of aryl methyl sites for hydroxylation is 1. The highest BCUT2D eigenvalue weighted by atomic mass is 16.4. The molecule has 1 aliphatic heterocycles. The molecule has 1 unspecified atom stereocenters. The van der Waals surface area contributed by atoms with E-state index in [-0.39, 0.29) is 13.0 Å². The van der Waals surface area contributed by atoms with Crippen LogP contribution in [0.2, 0.25) is 0 Å². The predicted octanol–water partition coefficient (Wildman–Crippen LogP) is 3.69. The molecular formula is C32H32N4O5. The van der Waals surface area contributed by atoms with E-state index in [0.717, 1.165) is 22.0 Å². The molecule has 0 radical (unpaired) electrons. The van der Waals surface area contributed by atoms with Gasteiger partial charge in [0, 0.05) is 29.6 Å². The number of nitrogens with one attached hydrogen (secondary N) is 3. The van der Waals surface area contributed by atoms with E-state index in [1.165, 1.54) is 11.8 Å². The van der Waals surface area contributed by atoms with Crippen molar-refractivity contribution in [3.63, 3.8) is 0 Å². The minimum atomic E-state index is -1.02. The lowest BCUT2D eigenvalue weighted by Gasteiger charge is -2.29. The van der Waals surface area contributed by atoms with Crippen LogP contribution >= 0.6 is 0 Å². The third kappa shape index (κ3) is 6.14. The molecule has 0 saturated heterocycles. The fourth-order valence-corrected chi connectivity index (χ4v) is 5.14. The van der Waals surface area contributed by atoms with Crippen molar-refractivity contribution in [1.82, 2.24) is 15.6 Å². The van der Waals surface area contributed by atoms with Crippen LogP contribution in [0.15, 0.2) is 84.9 Å². The second kappa shape index (κ2) is 12.1. The number of hydrogen-bond acceptors (Lipinski definition) is 4. The summed E-state index contributed by atoms with van der Waals surface area (Å²) in [4.78, 5) is 56.8. The fraction of sp³-hybridized carbons (Fsp3) is 0.250. The number of anilines is 1. The van der Waals surface area contributed by atoms with Gasteiger partial charge in [-0.3, -0.25) is 24.1 Å². The van der Waals surface area contributed by atoms with Crippen LogP contribution in [0, 0.1) is 5.92 Å². The van der Waals surface area contributed by atoms with Gasteiger partial charge in [-0.05, 0) is 42.2 Å². The molecule has 2 heterocycles. The Labute approximate surface area is 237 Å². The second-order valence-electron chi connectivity index (χ2n) is 10.4. The van der Waals surface area contributed by atoms with Crippen molar-refractivity contribution in [2.75, 3.05) is 11.4 Å². The zero-order valence-corrected chi connectivity index (χ0v) is 22.7. The van der Waals surface area contributed by atoms with Crippen molar-refractivity contribution in [2.45, 2.75) is 38.3 Å². The number of aromatic nitrogens is 1. The lowest BCUT2D eigenvalue weighted by molar-refractivity contribution is -0.141. The molecule has 1 aromatic heterocycles. The standard InChI is InChI=1S/C32H32N4O5/c1-20(32(40)41)19-33-30(38)28-18-23-12-6-8-14-27(23)36(28)31(39)25(16-15-21-9-3-2-4-10-21)35-29(37)26-17-22-11-5-7-13-24(22)34-26/h2-14,17,20,25,28,34H,15-16,18-19H2,1H3,(H,33,38)(H,35,37)(H,40,41)/t20?,25-,28-/m0/s1. The Bertz CT molecular complexity index is 1550. The van der Waals surface area contributed by atoms with Gasteiger partial charge in [0.2, 0.25) is 11.8 Å². The molecular weight excluding hydrogens is 520 g/mol. The van der Waals surface area contributed by atoms with Gasteiger partial charge in [-0.1, -0.05) is 73.7 Å². The van der Waals surface area contributed by atoms with Gasteiger partial charge in [-0.2, -0.15) is 0 Å². The van der Waals surface area contributed by atoms with Gasteiger partial charge >= 0.3 is 5.97 Å². The van der Waals surface area contributed by atoms with E-state index in [0.29, 0.717) is 24.2 Å². The fourth-order valence-electron chi connectivity index (χ4n) is 5.14. The molecule has 0 fully saturated rings. The molecule has 41 heavy (non-hydrogen) atoms. The Morgan fingerprint density at radius 1 is 0.976 bits per heavy atom. The van der Waals surface area contributed by atoms with Crippen molar-refractivity contribution in [2.24, 2.45) is 5.92 Å². The van der Waals surface area contributed by atoms with E-state index >= 15 is 0 Å². The number of para-hydroxylation sites is 2. The van der Waals surface area contributed by atoms with E-state index in [1.54, 1.807) is 18.2 Å². The number of carbonyl (C=O) groups is 4. The average Bonchev–Trinajstić information content (AvgIpc) is 3.60. The normalized spacial score (nSPS) is 15.6. The van der Waals surface area contributed by atoms with Crippen LogP contribution < -0.4 is 15.5 Å². The summed E-state index contributed by atoms with van der Waals surface area (Å²) >= 11 is 0. The first-order valence-electron chi connectivity index (χ1n) is 13.7. The molecule has 3 atom stereocenters. The summed E-state index contributed by atoms with van der Waals surface area (Å²) < 4.78 is 0. The number of aliphatic carboxylic acids is 1. The summed E-state index contributed by atoms with van der Waals surface area (Å²) in [6.45, 7) is 1.45. The SMILES string of the molecule is CC(CNC(=O)[C@@H]1Cc2ccccc2N1C(=O)[C@H](CCc1ccccc1)NC(=O)c1cc2ccccc2[nH]1)C(=O)O. The van der Waals surface area contributed by atoms with Gasteiger partial charge in [0.25, 0.3) is 5.91 Å². The highest BCUT2D eigenvalue weighted by Gasteiger charge is 2.41. The molecule has 0 saturated carbocycles. The summed E-state index contributed by atoms with van der Waals surface area (Å²) in [7, 11) is 0. The average molecular weight is 553 g/mol. The number of benzene rings is 3. The van der Waals surface area contributed by atoms with Gasteiger partial charge in [-0.25, -0.2) is 0 Å². The van der Waals surface area contributed by atoms with E-state index in [9.17, 15) is 24.3 Å². The lowest BCUT2D eigenvalue weighted by atomic mass is 10.0. The summed E-state index contributed by atoms with van der Waals surface area (Å²) in [5.41, 5.74) is 3.60. The zero-order valence-electron chi connectivity index (χ0n) is 22.7. The molecule has 4 aromatic rings. The Hall–Kier alpha value is -4.92. The minimum Gasteiger partial charge on any atom is -0.481 e. The predicted molar refractivity (Wildman–Crippen MR) is 156 cm³/mol. The number of carboxylic acids is 1. The Morgan fingerprint density at radius 3 is 2.44 bits per heavy atom. The van der Waals surface area contributed by atoms with E-state index in [1.807, 2.05) is 66.7 Å². The Balaban J connectivity index is 1.42. The Kier molecular flexibility index (Phi) is 8.14. The second-order valence-corrected chi connectivity index (χ2v) is 10.4. The number of amides is 3. The maximum absolute atomic E-state index is 14.3. The minimum absolute atomic E-state index is 0.0579. The first kappa shape index (κ1) is 27.6. The van der Waals surface area contributed by atoms with Crippen LogP contribution in [0.3, 0.4) is 0 Å². The summed E-state index contributed by atoms with van der Waals surface area (Å²) in [6, 6.07) is 24.5. The number of carbonyl (C=O) groups excluding carboxylic acids is 3. The molecule has 5 rings (SSSR count). The molecule has 1 aliphatic rings. The third-order valence-electron chi connectivity index (χ3n) is 7.46. The molecule has 0 spiro atoms. The molecule has 3 amide bonds. The molecule has 9 heteroatoms. The van der Waals surface area contributed by atoms with Crippen molar-refractivity contribution in [3.05, 3.63) is 102 Å². The van der Waals surface area contributed by atoms with Gasteiger partial charge < -0.3 is 20.7 Å². The van der Waals surface area contributed by atoms with Crippen LogP contribution in [0.25, 0.3) is 10.9 Å². The molecule has 4 N–H and O–H groups in total. The van der Waals surface area contributed by atoms with Crippen LogP contribution in [0.5, 0.6) is 0 Å². The number of aromatic amines is 1. The van der Waals surface area contributed by atoms with Crippen molar-refractivity contribution < 1.29 is 24.3 Å². The van der Waals surface area contributed by atoms with E-state index < -0.39 is 41.7 Å².